The molecule has 0 aliphatic rings. The Morgan fingerprint density at radius 3 is 2.62 bits per heavy atom. The van der Waals surface area contributed by atoms with Crippen LogP contribution in [0.15, 0.2) is 14.3 Å². The molecule has 3 nitrogen and oxygen atoms in total. The van der Waals surface area contributed by atoms with E-state index in [1.807, 2.05) is 20.8 Å². The Balaban J connectivity index is 2.64. The molecule has 1 rings (SSSR count). The Morgan fingerprint density at radius 1 is 1.62 bits per heavy atom. The second kappa shape index (κ2) is 4.27. The van der Waals surface area contributed by atoms with Crippen LogP contribution in [0, 0.1) is 0 Å². The lowest BCUT2D eigenvalue weighted by molar-refractivity contribution is 0.490. The van der Waals surface area contributed by atoms with E-state index in [4.69, 9.17) is 0 Å². The predicted molar refractivity (Wildman–Crippen MR) is 59.1 cm³/mol. The Bertz CT molecular complexity index is 284. The van der Waals surface area contributed by atoms with E-state index in [1.165, 1.54) is 11.3 Å². The second-order valence-electron chi connectivity index (χ2n) is 3.55. The predicted octanol–water partition coefficient (Wildman–Crippen LogP) is 2.32. The van der Waals surface area contributed by atoms with Crippen molar-refractivity contribution in [3.8, 4) is 0 Å². The molecule has 0 aromatic carbocycles. The molecule has 1 aromatic heterocycles. The molecule has 1 heterocycles. The fraction of sp³-hybridized carbons (Fsp3) is 0.571. The summed E-state index contributed by atoms with van der Waals surface area (Å²) in [5, 5.41) is 0. The Labute approximate surface area is 93.4 Å². The van der Waals surface area contributed by atoms with E-state index in [-0.39, 0.29) is 5.54 Å². The summed E-state index contributed by atoms with van der Waals surface area (Å²) in [6.07, 6.45) is 1.66. The number of thiazole rings is 1. The summed E-state index contributed by atoms with van der Waals surface area (Å²) in [4.78, 5) is 4.01. The van der Waals surface area contributed by atoms with Gasteiger partial charge in [-0.05, 0) is 36.7 Å². The molecule has 0 aliphatic heterocycles. The van der Waals surface area contributed by atoms with Gasteiger partial charge in [0.25, 0.3) is 0 Å². The van der Waals surface area contributed by atoms with Gasteiger partial charge in [-0.3, -0.25) is 0 Å². The fourth-order valence-corrected chi connectivity index (χ4v) is 3.40. The first-order chi connectivity index (χ1) is 5.88. The van der Waals surface area contributed by atoms with Gasteiger partial charge in [0, 0.05) is 0 Å². The van der Waals surface area contributed by atoms with E-state index in [0.717, 1.165) is 3.79 Å². The third kappa shape index (κ3) is 3.95. The zero-order chi connectivity index (χ0) is 10.1. The zero-order valence-electron chi connectivity index (χ0n) is 7.63. The summed E-state index contributed by atoms with van der Waals surface area (Å²) in [5.41, 5.74) is -0.164. The molecule has 1 N–H and O–H groups in total. The van der Waals surface area contributed by atoms with Crippen molar-refractivity contribution in [2.45, 2.75) is 30.6 Å². The van der Waals surface area contributed by atoms with Gasteiger partial charge in [0.15, 0.2) is 0 Å². The van der Waals surface area contributed by atoms with Crippen molar-refractivity contribution >= 4 is 38.6 Å². The molecule has 0 spiro atoms. The monoisotopic (exact) mass is 282 g/mol. The van der Waals surface area contributed by atoms with Crippen LogP contribution < -0.4 is 4.72 Å². The number of hydrogen-bond donors (Lipinski definition) is 1. The van der Waals surface area contributed by atoms with E-state index in [1.54, 1.807) is 6.20 Å². The molecule has 0 amide bonds. The molecule has 0 bridgehead atoms. The van der Waals surface area contributed by atoms with Gasteiger partial charge < -0.3 is 4.55 Å². The third-order valence-corrected chi connectivity index (χ3v) is 4.21. The first-order valence-electron chi connectivity index (χ1n) is 3.69. The van der Waals surface area contributed by atoms with Crippen LogP contribution in [0.4, 0.5) is 0 Å². The van der Waals surface area contributed by atoms with Crippen LogP contribution in [0.3, 0.4) is 0 Å². The number of nitrogens with one attached hydrogen (secondary N) is 1. The summed E-state index contributed by atoms with van der Waals surface area (Å²) in [6, 6.07) is 0. The van der Waals surface area contributed by atoms with E-state index in [2.05, 4.69) is 25.6 Å². The van der Waals surface area contributed by atoms with Crippen molar-refractivity contribution in [3.63, 3.8) is 0 Å². The van der Waals surface area contributed by atoms with Gasteiger partial charge in [0.05, 0.1) is 15.5 Å². The number of aromatic nitrogens is 1. The van der Waals surface area contributed by atoms with Crippen molar-refractivity contribution in [2.24, 2.45) is 0 Å². The maximum absolute atomic E-state index is 11.6. The normalized spacial score (nSPS) is 14.5. The van der Waals surface area contributed by atoms with Crippen molar-refractivity contribution in [2.75, 3.05) is 0 Å². The second-order valence-corrected chi connectivity index (χ2v) is 7.35. The molecule has 0 radical (unpaired) electrons. The van der Waals surface area contributed by atoms with E-state index in [0.29, 0.717) is 4.34 Å². The van der Waals surface area contributed by atoms with Crippen molar-refractivity contribution in [1.29, 1.82) is 0 Å². The van der Waals surface area contributed by atoms with Crippen LogP contribution in [0.2, 0.25) is 0 Å². The number of rotatable bonds is 2. The summed E-state index contributed by atoms with van der Waals surface area (Å²) in [7, 11) is 0. The Morgan fingerprint density at radius 2 is 2.23 bits per heavy atom. The molecule has 74 valence electrons. The van der Waals surface area contributed by atoms with Gasteiger partial charge in [-0.2, -0.15) is 4.98 Å². The Hall–Kier alpha value is 0.380. The smallest absolute Gasteiger partial charge is 0.323 e. The molecule has 6 heteroatoms. The first kappa shape index (κ1) is 11.5. The van der Waals surface area contributed by atoms with Crippen molar-refractivity contribution in [1.82, 2.24) is 9.71 Å². The fourth-order valence-electron chi connectivity index (χ4n) is 0.647. The molecule has 1 unspecified atom stereocenters. The molecule has 13 heavy (non-hydrogen) atoms. The molecule has 0 fully saturated rings. The van der Waals surface area contributed by atoms with Crippen LogP contribution in [0.25, 0.3) is 0 Å². The van der Waals surface area contributed by atoms with Crippen LogP contribution in [-0.4, -0.2) is 15.1 Å². The quantitative estimate of drug-likeness (QED) is 0.847. The van der Waals surface area contributed by atoms with Gasteiger partial charge in [0.2, 0.25) is 0 Å². The molecule has 1 atom stereocenters. The molecule has 0 saturated heterocycles. The largest absolute Gasteiger partial charge is 0.591 e. The Kier molecular flexibility index (Phi) is 3.76. The number of halogens is 1. The van der Waals surface area contributed by atoms with Gasteiger partial charge in [-0.25, -0.2) is 0 Å². The summed E-state index contributed by atoms with van der Waals surface area (Å²) in [5.74, 6) is 0. The molecule has 0 saturated carbocycles. The maximum Gasteiger partial charge on any atom is 0.323 e. The van der Waals surface area contributed by atoms with E-state index < -0.39 is 11.4 Å². The minimum absolute atomic E-state index is 0.164. The average Bonchev–Trinajstić information content (AvgIpc) is 2.31. The third-order valence-electron chi connectivity index (χ3n) is 1.01. The van der Waals surface area contributed by atoms with Crippen LogP contribution >= 0.6 is 27.3 Å². The van der Waals surface area contributed by atoms with Crippen LogP contribution in [0.1, 0.15) is 20.8 Å². The number of nitrogens with zero attached hydrogens (tertiary/aromatic N) is 1. The SMILES string of the molecule is CC(C)(C)N[S+]([O-])c1ncc(Br)s1. The maximum atomic E-state index is 11.6. The first-order valence-corrected chi connectivity index (χ1v) is 6.45. The van der Waals surface area contributed by atoms with Crippen molar-refractivity contribution in [3.05, 3.63) is 9.98 Å². The highest BCUT2D eigenvalue weighted by molar-refractivity contribution is 9.11. The molecule has 1 aromatic rings. The average molecular weight is 283 g/mol. The lowest BCUT2D eigenvalue weighted by Gasteiger charge is -2.19. The van der Waals surface area contributed by atoms with Gasteiger partial charge in [-0.1, -0.05) is 11.3 Å². The van der Waals surface area contributed by atoms with Gasteiger partial charge in [-0.15, -0.1) is 4.72 Å². The number of hydrogen-bond acceptors (Lipinski definition) is 4. The molecular weight excluding hydrogens is 272 g/mol. The highest BCUT2D eigenvalue weighted by atomic mass is 79.9. The van der Waals surface area contributed by atoms with E-state index in [9.17, 15) is 4.55 Å². The lowest BCUT2D eigenvalue weighted by Crippen LogP contribution is -2.40. The summed E-state index contributed by atoms with van der Waals surface area (Å²) in [6.45, 7) is 5.90. The summed E-state index contributed by atoms with van der Waals surface area (Å²) < 4.78 is 16.0. The zero-order valence-corrected chi connectivity index (χ0v) is 10.8. The van der Waals surface area contributed by atoms with Gasteiger partial charge in [0.1, 0.15) is 11.4 Å². The minimum Gasteiger partial charge on any atom is -0.591 e. The minimum atomic E-state index is -1.20. The highest BCUT2D eigenvalue weighted by Crippen LogP contribution is 2.23. The van der Waals surface area contributed by atoms with Gasteiger partial charge >= 0.3 is 4.34 Å². The highest BCUT2D eigenvalue weighted by Gasteiger charge is 2.23. The van der Waals surface area contributed by atoms with Crippen molar-refractivity contribution < 1.29 is 4.55 Å². The standard InChI is InChI=1S/C7H11BrN2OS2/c1-7(2,3)10-13(11)6-9-4-5(8)12-6/h4,10H,1-3H3. The van der Waals surface area contributed by atoms with Crippen LogP contribution in [-0.2, 0) is 11.4 Å². The molecule has 0 aliphatic carbocycles. The molecular formula is C7H11BrN2OS2. The van der Waals surface area contributed by atoms with E-state index >= 15 is 0 Å². The summed E-state index contributed by atoms with van der Waals surface area (Å²) >= 11 is 3.45. The topological polar surface area (TPSA) is 48.0 Å². The van der Waals surface area contributed by atoms with Crippen LogP contribution in [0.5, 0.6) is 0 Å². The lowest BCUT2D eigenvalue weighted by atomic mass is 10.1.